The topological polar surface area (TPSA) is 102 Å². The summed E-state index contributed by atoms with van der Waals surface area (Å²) in [6.07, 6.45) is 6.19. The summed E-state index contributed by atoms with van der Waals surface area (Å²) in [5.41, 5.74) is 4.49. The van der Waals surface area contributed by atoms with Crippen LogP contribution in [0.15, 0.2) is 70.0 Å². The number of fused-ring (bicyclic) bond motifs is 2. The van der Waals surface area contributed by atoms with Gasteiger partial charge < -0.3 is 23.9 Å². The van der Waals surface area contributed by atoms with E-state index in [9.17, 15) is 9.59 Å². The average Bonchev–Trinajstić information content (AvgIpc) is 3.65. The Morgan fingerprint density at radius 1 is 1.02 bits per heavy atom. The van der Waals surface area contributed by atoms with E-state index in [1.807, 2.05) is 47.4 Å². The summed E-state index contributed by atoms with van der Waals surface area (Å²) >= 11 is 0. The van der Waals surface area contributed by atoms with E-state index in [0.29, 0.717) is 54.8 Å². The lowest BCUT2D eigenvalue weighted by atomic mass is 10.0. The van der Waals surface area contributed by atoms with Gasteiger partial charge in [-0.1, -0.05) is 37.1 Å². The predicted octanol–water partition coefficient (Wildman–Crippen LogP) is 6.10. The van der Waals surface area contributed by atoms with Crippen LogP contribution < -0.4 is 15.6 Å². The quantitative estimate of drug-likeness (QED) is 0.253. The number of benzene rings is 2. The first-order valence-corrected chi connectivity index (χ1v) is 14.2. The number of carbonyl (C=O) groups is 1. The van der Waals surface area contributed by atoms with Gasteiger partial charge in [0.1, 0.15) is 11.2 Å². The van der Waals surface area contributed by atoms with Gasteiger partial charge in [-0.2, -0.15) is 4.98 Å². The number of hydrogen-bond acceptors (Lipinski definition) is 8. The van der Waals surface area contributed by atoms with Crippen molar-refractivity contribution >= 4 is 45.3 Å². The Kier molecular flexibility index (Phi) is 6.51. The minimum absolute atomic E-state index is 0.0376. The molecule has 0 atom stereocenters. The SMILES string of the molecule is CC(=O)c1cc2cnc(Nc3cccc(-c4cccc5c(=O)cc(N6CCOCC6)oc45)c3)nc2n1C1CCCC1. The zero-order valence-corrected chi connectivity index (χ0v) is 22.9. The Bertz CT molecular complexity index is 1830. The molecule has 208 valence electrons. The van der Waals surface area contributed by atoms with E-state index in [1.165, 1.54) is 0 Å². The normalized spacial score (nSPS) is 16.1. The van der Waals surface area contributed by atoms with Crippen LogP contribution in [0.3, 0.4) is 0 Å². The molecule has 2 aliphatic rings. The molecule has 0 spiro atoms. The lowest BCUT2D eigenvalue weighted by molar-refractivity contribution is 0.100. The minimum atomic E-state index is -0.0687. The van der Waals surface area contributed by atoms with Gasteiger partial charge in [-0.05, 0) is 42.7 Å². The molecule has 1 saturated heterocycles. The zero-order chi connectivity index (χ0) is 27.9. The Hall–Kier alpha value is -4.50. The Morgan fingerprint density at radius 2 is 1.83 bits per heavy atom. The van der Waals surface area contributed by atoms with Crippen molar-refractivity contribution < 1.29 is 13.9 Å². The van der Waals surface area contributed by atoms with Crippen LogP contribution in [0.4, 0.5) is 17.5 Å². The van der Waals surface area contributed by atoms with Gasteiger partial charge in [0.2, 0.25) is 5.95 Å². The van der Waals surface area contributed by atoms with Gasteiger partial charge in [0, 0.05) is 55.0 Å². The van der Waals surface area contributed by atoms with Crippen LogP contribution in [0.25, 0.3) is 33.1 Å². The maximum Gasteiger partial charge on any atom is 0.229 e. The van der Waals surface area contributed by atoms with Gasteiger partial charge in [-0.3, -0.25) is 9.59 Å². The highest BCUT2D eigenvalue weighted by Gasteiger charge is 2.24. The first-order valence-electron chi connectivity index (χ1n) is 14.2. The summed E-state index contributed by atoms with van der Waals surface area (Å²) in [7, 11) is 0. The number of carbonyl (C=O) groups excluding carboxylic acids is 1. The van der Waals surface area contributed by atoms with E-state index in [2.05, 4.69) is 14.9 Å². The second-order valence-corrected chi connectivity index (χ2v) is 10.8. The van der Waals surface area contributed by atoms with Crippen molar-refractivity contribution in [1.82, 2.24) is 14.5 Å². The monoisotopic (exact) mass is 549 g/mol. The fourth-order valence-electron chi connectivity index (χ4n) is 6.10. The van der Waals surface area contributed by atoms with Gasteiger partial charge in [0.25, 0.3) is 0 Å². The smallest absolute Gasteiger partial charge is 0.229 e. The lowest BCUT2D eigenvalue weighted by Crippen LogP contribution is -2.36. The van der Waals surface area contributed by atoms with Crippen molar-refractivity contribution in [3.63, 3.8) is 0 Å². The van der Waals surface area contributed by atoms with Crippen LogP contribution in [0.5, 0.6) is 0 Å². The molecule has 3 aromatic heterocycles. The molecule has 5 aromatic rings. The molecule has 9 nitrogen and oxygen atoms in total. The molecule has 1 N–H and O–H groups in total. The van der Waals surface area contributed by atoms with Crippen molar-refractivity contribution in [2.24, 2.45) is 0 Å². The second-order valence-electron chi connectivity index (χ2n) is 10.8. The summed E-state index contributed by atoms with van der Waals surface area (Å²) in [6, 6.07) is 17.3. The fourth-order valence-corrected chi connectivity index (χ4v) is 6.10. The largest absolute Gasteiger partial charge is 0.440 e. The van der Waals surface area contributed by atoms with Crippen molar-refractivity contribution in [3.05, 3.63) is 76.7 Å². The van der Waals surface area contributed by atoms with Crippen molar-refractivity contribution in [2.75, 3.05) is 36.5 Å². The molecule has 0 radical (unpaired) electrons. The first-order chi connectivity index (χ1) is 20.0. The molecule has 0 unspecified atom stereocenters. The molecule has 1 aliphatic carbocycles. The van der Waals surface area contributed by atoms with Gasteiger partial charge in [0.05, 0.1) is 24.3 Å². The van der Waals surface area contributed by atoms with Gasteiger partial charge in [-0.25, -0.2) is 4.98 Å². The van der Waals surface area contributed by atoms with E-state index in [-0.39, 0.29) is 17.3 Å². The summed E-state index contributed by atoms with van der Waals surface area (Å²) in [5.74, 6) is 1.06. The lowest BCUT2D eigenvalue weighted by Gasteiger charge is -2.27. The molecule has 0 amide bonds. The number of morpholine rings is 1. The van der Waals surface area contributed by atoms with E-state index in [0.717, 1.165) is 53.5 Å². The first kappa shape index (κ1) is 25.5. The van der Waals surface area contributed by atoms with Crippen molar-refractivity contribution in [2.45, 2.75) is 38.6 Å². The maximum absolute atomic E-state index is 13.0. The maximum atomic E-state index is 13.0. The summed E-state index contributed by atoms with van der Waals surface area (Å²) in [4.78, 5) is 36.9. The highest BCUT2D eigenvalue weighted by molar-refractivity contribution is 5.98. The Labute approximate surface area is 236 Å². The molecule has 2 fully saturated rings. The van der Waals surface area contributed by atoms with E-state index >= 15 is 0 Å². The zero-order valence-electron chi connectivity index (χ0n) is 22.9. The number of hydrogen-bond donors (Lipinski definition) is 1. The Morgan fingerprint density at radius 3 is 2.63 bits per heavy atom. The molecule has 1 saturated carbocycles. The van der Waals surface area contributed by atoms with Crippen molar-refractivity contribution in [1.29, 1.82) is 0 Å². The third-order valence-electron chi connectivity index (χ3n) is 8.12. The molecule has 0 bridgehead atoms. The fraction of sp³-hybridized carbons (Fsp3) is 0.312. The molecule has 41 heavy (non-hydrogen) atoms. The van der Waals surface area contributed by atoms with Crippen molar-refractivity contribution in [3.8, 4) is 11.1 Å². The Balaban J connectivity index is 1.25. The van der Waals surface area contributed by atoms with Crippen LogP contribution in [0, 0.1) is 0 Å². The molecule has 7 rings (SSSR count). The highest BCUT2D eigenvalue weighted by Crippen LogP contribution is 2.35. The third-order valence-corrected chi connectivity index (χ3v) is 8.12. The molecular formula is C32H31N5O4. The molecule has 4 heterocycles. The number of para-hydroxylation sites is 1. The molecule has 1 aliphatic heterocycles. The average molecular weight is 550 g/mol. The van der Waals surface area contributed by atoms with Crippen LogP contribution in [-0.4, -0.2) is 46.6 Å². The number of ether oxygens (including phenoxy) is 1. The number of nitrogens with zero attached hydrogens (tertiary/aromatic N) is 4. The van der Waals surface area contributed by atoms with Crippen LogP contribution in [0.2, 0.25) is 0 Å². The van der Waals surface area contributed by atoms with E-state index < -0.39 is 0 Å². The molecule has 2 aromatic carbocycles. The summed E-state index contributed by atoms with van der Waals surface area (Å²) in [6.45, 7) is 4.17. The van der Waals surface area contributed by atoms with Gasteiger partial charge >= 0.3 is 0 Å². The predicted molar refractivity (Wildman–Crippen MR) is 159 cm³/mol. The van der Waals surface area contributed by atoms with Gasteiger partial charge in [-0.15, -0.1) is 0 Å². The summed E-state index contributed by atoms with van der Waals surface area (Å²) in [5, 5.41) is 4.76. The third kappa shape index (κ3) is 4.76. The highest BCUT2D eigenvalue weighted by atomic mass is 16.5. The summed E-state index contributed by atoms with van der Waals surface area (Å²) < 4.78 is 13.9. The number of rotatable bonds is 6. The number of anilines is 3. The standard InChI is InChI=1S/C32H31N5O4/c1-20(38)27-17-22-19-33-32(35-31(22)37(27)24-8-2-3-9-24)34-23-7-4-6-21(16-23)25-10-5-11-26-28(39)18-29(41-30(25)26)36-12-14-40-15-13-36/h4-7,10-11,16-19,24H,2-3,8-9,12-15H2,1H3,(H,33,34,35). The van der Waals surface area contributed by atoms with Crippen LogP contribution in [-0.2, 0) is 4.74 Å². The number of aromatic nitrogens is 3. The number of ketones is 1. The number of Topliss-reactive ketones (excluding diaryl/α,β-unsaturated/α-hetero) is 1. The number of nitrogens with one attached hydrogen (secondary N) is 1. The van der Waals surface area contributed by atoms with Gasteiger partial charge in [0.15, 0.2) is 17.1 Å². The molecular weight excluding hydrogens is 518 g/mol. The minimum Gasteiger partial charge on any atom is -0.440 e. The molecule has 9 heteroatoms. The van der Waals surface area contributed by atoms with E-state index in [1.54, 1.807) is 25.3 Å². The van der Waals surface area contributed by atoms with Crippen LogP contribution >= 0.6 is 0 Å². The van der Waals surface area contributed by atoms with Crippen LogP contribution in [0.1, 0.15) is 49.1 Å². The van der Waals surface area contributed by atoms with E-state index in [4.69, 9.17) is 14.1 Å². The second kappa shape index (κ2) is 10.5.